The highest BCUT2D eigenvalue weighted by Crippen LogP contribution is 2.47. The number of aliphatic hydroxyl groups is 2. The van der Waals surface area contributed by atoms with Gasteiger partial charge in [0.15, 0.2) is 0 Å². The van der Waals surface area contributed by atoms with Crippen molar-refractivity contribution in [2.45, 2.75) is 171 Å². The molecule has 3 aliphatic heterocycles. The maximum Gasteiger partial charge on any atom is 0.306 e. The Hall–Kier alpha value is -1.55. The fraction of sp³-hybridized carbons (Fsp3) is 0.811. The van der Waals surface area contributed by atoms with E-state index in [1.54, 1.807) is 0 Å². The summed E-state index contributed by atoms with van der Waals surface area (Å²) >= 11 is 0. The summed E-state index contributed by atoms with van der Waals surface area (Å²) in [6.07, 6.45) is 16.9. The summed E-state index contributed by atoms with van der Waals surface area (Å²) < 4.78 is 0. The predicted molar refractivity (Wildman–Crippen MR) is 180 cm³/mol. The lowest BCUT2D eigenvalue weighted by Crippen LogP contribution is -2.63. The standard InChI is InChI=1S/C37H62N4O4/c1-26-32(42)13-12-30(40-26)11-10-27-9-6-16-36(14-3-4-15-36)17-18-37(45,24-34(43)44)25-39-35(2)22-31(41-33(38)23-35)21-29-8-5-7-28(19-27)20-29/h5,7-8,20,26-27,30-33,39-42,45H,3-4,6,9-19,21-25,38H2,1-2H3,(H,43,44). The van der Waals surface area contributed by atoms with Crippen LogP contribution in [0.15, 0.2) is 24.3 Å². The Balaban J connectivity index is 1.37. The molecular weight excluding hydrogens is 564 g/mol. The highest BCUT2D eigenvalue weighted by Gasteiger charge is 2.41. The molecule has 4 bridgehead atoms. The average molecular weight is 627 g/mol. The number of carbonyl (C=O) groups is 1. The molecular formula is C37H62N4O4. The fourth-order valence-electron chi connectivity index (χ4n) is 9.42. The Kier molecular flexibility index (Phi) is 11.7. The Morgan fingerprint density at radius 3 is 2.42 bits per heavy atom. The van der Waals surface area contributed by atoms with Crippen molar-refractivity contribution < 1.29 is 20.1 Å². The normalized spacial score (nSPS) is 38.3. The van der Waals surface area contributed by atoms with Crippen LogP contribution in [-0.2, 0) is 17.6 Å². The summed E-state index contributed by atoms with van der Waals surface area (Å²) in [5.41, 5.74) is 7.92. The maximum atomic E-state index is 12.0. The molecule has 0 aromatic heterocycles. The zero-order valence-electron chi connectivity index (χ0n) is 28.0. The third-order valence-electron chi connectivity index (χ3n) is 12.1. The molecule has 8 atom stereocenters. The van der Waals surface area contributed by atoms with Crippen molar-refractivity contribution in [3.63, 3.8) is 0 Å². The van der Waals surface area contributed by atoms with E-state index >= 15 is 0 Å². The van der Waals surface area contributed by atoms with Gasteiger partial charge >= 0.3 is 5.97 Å². The fourth-order valence-corrected chi connectivity index (χ4v) is 9.42. The number of fused-ring (bicyclic) bond motifs is 4. The minimum Gasteiger partial charge on any atom is -0.481 e. The SMILES string of the molecule is CC1NC(CCC2CCCC3(CCCC3)CCC(O)(CC(=O)O)CNC3(C)CC(N)NC(Cc4cccc(c4)C2)C3)CCC1O. The molecule has 0 radical (unpaired) electrons. The lowest BCUT2D eigenvalue weighted by molar-refractivity contribution is -0.143. The zero-order valence-corrected chi connectivity index (χ0v) is 28.0. The van der Waals surface area contributed by atoms with Crippen molar-refractivity contribution in [3.05, 3.63) is 35.4 Å². The summed E-state index contributed by atoms with van der Waals surface area (Å²) in [6, 6.07) is 9.99. The smallest absolute Gasteiger partial charge is 0.306 e. The van der Waals surface area contributed by atoms with Gasteiger partial charge in [-0.1, -0.05) is 49.9 Å². The number of carboxylic acids is 1. The van der Waals surface area contributed by atoms with Crippen LogP contribution in [0.5, 0.6) is 0 Å². The first-order valence-electron chi connectivity index (χ1n) is 18.2. The zero-order chi connectivity index (χ0) is 32.1. The van der Waals surface area contributed by atoms with Crippen molar-refractivity contribution >= 4 is 5.97 Å². The number of benzene rings is 1. The minimum atomic E-state index is -1.28. The summed E-state index contributed by atoms with van der Waals surface area (Å²) in [4.78, 5) is 12.0. The number of piperidine rings is 2. The molecule has 0 amide bonds. The van der Waals surface area contributed by atoms with Crippen LogP contribution in [0.3, 0.4) is 0 Å². The van der Waals surface area contributed by atoms with Gasteiger partial charge in [-0.2, -0.15) is 0 Å². The van der Waals surface area contributed by atoms with Crippen LogP contribution in [0, 0.1) is 11.3 Å². The maximum absolute atomic E-state index is 12.0. The van der Waals surface area contributed by atoms with Crippen LogP contribution < -0.4 is 21.7 Å². The number of hydrogen-bond acceptors (Lipinski definition) is 7. The molecule has 5 rings (SSSR count). The second-order valence-corrected chi connectivity index (χ2v) is 16.2. The molecule has 8 nitrogen and oxygen atoms in total. The van der Waals surface area contributed by atoms with E-state index in [1.807, 2.05) is 0 Å². The Morgan fingerprint density at radius 2 is 1.69 bits per heavy atom. The molecule has 1 aliphatic carbocycles. The number of nitrogens with one attached hydrogen (secondary N) is 3. The van der Waals surface area contributed by atoms with Crippen molar-refractivity contribution in [2.75, 3.05) is 6.54 Å². The van der Waals surface area contributed by atoms with Crippen molar-refractivity contribution in [3.8, 4) is 0 Å². The minimum absolute atomic E-state index is 0.159. The van der Waals surface area contributed by atoms with Crippen LogP contribution in [-0.4, -0.2) is 69.4 Å². The predicted octanol–water partition coefficient (Wildman–Crippen LogP) is 4.78. The molecule has 3 fully saturated rings. The second-order valence-electron chi connectivity index (χ2n) is 16.2. The molecule has 254 valence electrons. The van der Waals surface area contributed by atoms with E-state index in [-0.39, 0.29) is 48.3 Å². The summed E-state index contributed by atoms with van der Waals surface area (Å²) in [7, 11) is 0. The van der Waals surface area contributed by atoms with Gasteiger partial charge in [0.05, 0.1) is 24.3 Å². The van der Waals surface area contributed by atoms with E-state index in [4.69, 9.17) is 5.73 Å². The monoisotopic (exact) mass is 626 g/mol. The molecule has 3 heterocycles. The van der Waals surface area contributed by atoms with Crippen LogP contribution in [0.4, 0.5) is 0 Å². The number of aliphatic hydroxyl groups excluding tert-OH is 1. The molecule has 1 aromatic carbocycles. The molecule has 1 aromatic rings. The van der Waals surface area contributed by atoms with Crippen LogP contribution in [0.25, 0.3) is 0 Å². The second kappa shape index (κ2) is 15.1. The molecule has 8 N–H and O–H groups in total. The first kappa shape index (κ1) is 34.8. The largest absolute Gasteiger partial charge is 0.481 e. The van der Waals surface area contributed by atoms with Gasteiger partial charge in [0, 0.05) is 30.2 Å². The molecule has 1 saturated carbocycles. The first-order valence-corrected chi connectivity index (χ1v) is 18.2. The van der Waals surface area contributed by atoms with Crippen LogP contribution >= 0.6 is 0 Å². The topological polar surface area (TPSA) is 140 Å². The summed E-state index contributed by atoms with van der Waals surface area (Å²) in [5, 5.41) is 42.8. The quantitative estimate of drug-likeness (QED) is 0.248. The van der Waals surface area contributed by atoms with Crippen molar-refractivity contribution in [2.24, 2.45) is 17.1 Å². The Morgan fingerprint density at radius 1 is 0.956 bits per heavy atom. The highest BCUT2D eigenvalue weighted by molar-refractivity contribution is 5.68. The van der Waals surface area contributed by atoms with Gasteiger partial charge < -0.3 is 31.7 Å². The van der Waals surface area contributed by atoms with E-state index < -0.39 is 11.6 Å². The van der Waals surface area contributed by atoms with E-state index in [9.17, 15) is 20.1 Å². The van der Waals surface area contributed by atoms with Crippen molar-refractivity contribution in [1.82, 2.24) is 16.0 Å². The number of aliphatic carboxylic acids is 1. The average Bonchev–Trinajstić information content (AvgIpc) is 3.44. The van der Waals surface area contributed by atoms with Gasteiger partial charge in [0.25, 0.3) is 0 Å². The van der Waals surface area contributed by atoms with Crippen LogP contribution in [0.1, 0.15) is 128 Å². The number of nitrogens with two attached hydrogens (primary N) is 1. The van der Waals surface area contributed by atoms with Gasteiger partial charge in [-0.25, -0.2) is 0 Å². The van der Waals surface area contributed by atoms with Gasteiger partial charge in [-0.3, -0.25) is 10.1 Å². The molecule has 2 saturated heterocycles. The third kappa shape index (κ3) is 9.97. The Labute approximate surface area is 271 Å². The van der Waals surface area contributed by atoms with Gasteiger partial charge in [0.1, 0.15) is 0 Å². The van der Waals surface area contributed by atoms with E-state index in [2.05, 4.69) is 54.1 Å². The van der Waals surface area contributed by atoms with E-state index in [0.717, 1.165) is 57.8 Å². The summed E-state index contributed by atoms with van der Waals surface area (Å²) in [5.74, 6) is -0.342. The third-order valence-corrected chi connectivity index (χ3v) is 12.1. The van der Waals surface area contributed by atoms with Crippen LogP contribution in [0.2, 0.25) is 0 Å². The Bertz CT molecular complexity index is 1110. The number of β-amino-alcohol motifs (C(OH)–C–C–N with tert-alkyl or cyclic N) is 1. The molecule has 45 heavy (non-hydrogen) atoms. The van der Waals surface area contributed by atoms with Gasteiger partial charge in [-0.15, -0.1) is 0 Å². The lowest BCUT2D eigenvalue weighted by atomic mass is 9.73. The number of rotatable bonds is 5. The molecule has 8 unspecified atom stereocenters. The number of carboxylic acid groups (broad SMARTS) is 1. The van der Waals surface area contributed by atoms with Gasteiger partial charge in [0.2, 0.25) is 0 Å². The van der Waals surface area contributed by atoms with E-state index in [1.165, 1.54) is 56.1 Å². The summed E-state index contributed by atoms with van der Waals surface area (Å²) in [6.45, 7) is 4.56. The molecule has 4 aliphatic rings. The highest BCUT2D eigenvalue weighted by atomic mass is 16.4. The van der Waals surface area contributed by atoms with Gasteiger partial charge in [-0.05, 0) is 120 Å². The van der Waals surface area contributed by atoms with Crippen molar-refractivity contribution in [1.29, 1.82) is 0 Å². The molecule has 8 heteroatoms. The molecule has 1 spiro atoms. The lowest BCUT2D eigenvalue weighted by Gasteiger charge is -2.45. The van der Waals surface area contributed by atoms with E-state index in [0.29, 0.717) is 18.4 Å². The first-order chi connectivity index (χ1) is 21.4. The number of hydrogen-bond donors (Lipinski definition) is 7.